The molecule has 0 heteroatoms. The van der Waals surface area contributed by atoms with Gasteiger partial charge < -0.3 is 0 Å². The molecule has 29 heavy (non-hydrogen) atoms. The Labute approximate surface area is 173 Å². The molecule has 4 aromatic carbocycles. The van der Waals surface area contributed by atoms with Crippen LogP contribution in [0.2, 0.25) is 0 Å². The van der Waals surface area contributed by atoms with E-state index in [0.717, 1.165) is 5.56 Å². The minimum absolute atomic E-state index is 0.332. The van der Waals surface area contributed by atoms with Crippen LogP contribution in [0.3, 0.4) is 0 Å². The number of aryl methyl sites for hydroxylation is 2. The maximum absolute atomic E-state index is 4.03. The van der Waals surface area contributed by atoms with Gasteiger partial charge in [-0.15, -0.1) is 0 Å². The van der Waals surface area contributed by atoms with Gasteiger partial charge in [-0.05, 0) is 70.0 Å². The molecule has 0 heterocycles. The number of hydrogen-bond acceptors (Lipinski definition) is 0. The van der Waals surface area contributed by atoms with Crippen molar-refractivity contribution in [2.75, 3.05) is 0 Å². The van der Waals surface area contributed by atoms with E-state index in [9.17, 15) is 0 Å². The third-order valence-electron chi connectivity index (χ3n) is 6.40. The maximum atomic E-state index is 4.03. The highest BCUT2D eigenvalue weighted by Crippen LogP contribution is 2.57. The van der Waals surface area contributed by atoms with Crippen molar-refractivity contribution in [3.05, 3.63) is 137 Å². The van der Waals surface area contributed by atoms with Crippen LogP contribution in [0.4, 0.5) is 0 Å². The average molecular weight is 373 g/mol. The molecule has 0 saturated carbocycles. The third kappa shape index (κ3) is 2.39. The Morgan fingerprint density at radius 3 is 1.69 bits per heavy atom. The molecule has 0 atom stereocenters. The molecule has 0 N–H and O–H groups in total. The Morgan fingerprint density at radius 2 is 1.10 bits per heavy atom. The summed E-state index contributed by atoms with van der Waals surface area (Å²) in [6, 6.07) is 33.3. The predicted molar refractivity (Wildman–Crippen MR) is 123 cm³/mol. The van der Waals surface area contributed by atoms with Crippen LogP contribution in [-0.4, -0.2) is 0 Å². The first kappa shape index (κ1) is 17.7. The van der Waals surface area contributed by atoms with Gasteiger partial charge in [-0.3, -0.25) is 0 Å². The zero-order valence-corrected chi connectivity index (χ0v) is 16.9. The second kappa shape index (κ2) is 6.60. The molecular formula is C29H24. The van der Waals surface area contributed by atoms with E-state index >= 15 is 0 Å². The lowest BCUT2D eigenvalue weighted by atomic mass is 9.65. The Morgan fingerprint density at radius 1 is 0.586 bits per heavy atom. The highest BCUT2D eigenvalue weighted by atomic mass is 14.5. The van der Waals surface area contributed by atoms with Gasteiger partial charge in [-0.25, -0.2) is 0 Å². The second-order valence-electron chi connectivity index (χ2n) is 7.93. The molecule has 0 nitrogen and oxygen atoms in total. The van der Waals surface area contributed by atoms with Crippen LogP contribution in [0.5, 0.6) is 0 Å². The normalized spacial score (nSPS) is 13.6. The van der Waals surface area contributed by atoms with Gasteiger partial charge in [0.15, 0.2) is 0 Å². The van der Waals surface area contributed by atoms with Crippen molar-refractivity contribution >= 4 is 6.08 Å². The predicted octanol–water partition coefficient (Wildman–Crippen LogP) is 7.31. The molecule has 0 aromatic heterocycles. The summed E-state index contributed by atoms with van der Waals surface area (Å²) < 4.78 is 0. The van der Waals surface area contributed by atoms with Crippen molar-refractivity contribution < 1.29 is 0 Å². The van der Waals surface area contributed by atoms with Crippen LogP contribution < -0.4 is 0 Å². The number of rotatable bonds is 3. The summed E-state index contributed by atoms with van der Waals surface area (Å²) in [4.78, 5) is 0. The van der Waals surface area contributed by atoms with Crippen LogP contribution in [0.15, 0.2) is 97.6 Å². The molecule has 0 unspecified atom stereocenters. The topological polar surface area (TPSA) is 0 Å². The van der Waals surface area contributed by atoms with Gasteiger partial charge in [-0.2, -0.15) is 0 Å². The number of fused-ring (bicyclic) bond motifs is 3. The van der Waals surface area contributed by atoms with Gasteiger partial charge in [0, 0.05) is 0 Å². The van der Waals surface area contributed by atoms with Crippen molar-refractivity contribution in [3.63, 3.8) is 0 Å². The van der Waals surface area contributed by atoms with E-state index in [0.29, 0.717) is 0 Å². The number of benzene rings is 4. The first-order valence-corrected chi connectivity index (χ1v) is 10.2. The molecule has 4 aromatic rings. The molecule has 0 aliphatic heterocycles. The SMILES string of the molecule is C=Cc1ccc2c(c1)C(c1ccccc1C)(c1ccccc1C)c1ccccc1-2. The lowest BCUT2D eigenvalue weighted by Gasteiger charge is -2.36. The molecule has 0 spiro atoms. The first-order valence-electron chi connectivity index (χ1n) is 10.2. The Hall–Kier alpha value is -3.38. The van der Waals surface area contributed by atoms with E-state index in [-0.39, 0.29) is 5.41 Å². The molecule has 140 valence electrons. The van der Waals surface area contributed by atoms with Gasteiger partial charge in [0.05, 0.1) is 5.41 Å². The molecule has 0 saturated heterocycles. The molecule has 0 radical (unpaired) electrons. The first-order chi connectivity index (χ1) is 14.2. The summed E-state index contributed by atoms with van der Waals surface area (Å²) in [5.74, 6) is 0. The summed E-state index contributed by atoms with van der Waals surface area (Å²) >= 11 is 0. The van der Waals surface area contributed by atoms with E-state index in [1.54, 1.807) is 0 Å². The molecule has 1 aliphatic rings. The average Bonchev–Trinajstić information content (AvgIpc) is 3.05. The summed E-state index contributed by atoms with van der Waals surface area (Å²) in [5, 5.41) is 0. The fourth-order valence-corrected chi connectivity index (χ4v) is 5.14. The molecule has 0 bridgehead atoms. The zero-order valence-electron chi connectivity index (χ0n) is 16.9. The van der Waals surface area contributed by atoms with Gasteiger partial charge >= 0.3 is 0 Å². The van der Waals surface area contributed by atoms with E-state index in [1.807, 2.05) is 6.08 Å². The summed E-state index contributed by atoms with van der Waals surface area (Å²) in [6.07, 6.45) is 1.95. The molecule has 0 fully saturated rings. The fourth-order valence-electron chi connectivity index (χ4n) is 5.14. The maximum Gasteiger partial charge on any atom is 0.0718 e. The lowest BCUT2D eigenvalue weighted by molar-refractivity contribution is 0.754. The Kier molecular flexibility index (Phi) is 4.03. The Balaban J connectivity index is 2.03. The Bertz CT molecular complexity index is 1200. The minimum atomic E-state index is -0.332. The highest BCUT2D eigenvalue weighted by molar-refractivity contribution is 5.87. The quantitative estimate of drug-likeness (QED) is 0.311. The largest absolute Gasteiger partial charge is 0.0985 e. The minimum Gasteiger partial charge on any atom is -0.0985 e. The molecule has 0 amide bonds. The summed E-state index contributed by atoms with van der Waals surface area (Å²) in [5.41, 5.74) is 11.5. The third-order valence-corrected chi connectivity index (χ3v) is 6.40. The van der Waals surface area contributed by atoms with Crippen LogP contribution >= 0.6 is 0 Å². The van der Waals surface area contributed by atoms with Crippen molar-refractivity contribution in [1.82, 2.24) is 0 Å². The summed E-state index contributed by atoms with van der Waals surface area (Å²) in [6.45, 7) is 8.49. The van der Waals surface area contributed by atoms with Crippen molar-refractivity contribution in [1.29, 1.82) is 0 Å². The fraction of sp³-hybridized carbons (Fsp3) is 0.103. The zero-order chi connectivity index (χ0) is 20.0. The molecular weight excluding hydrogens is 348 g/mol. The molecule has 5 rings (SSSR count). The van der Waals surface area contributed by atoms with Gasteiger partial charge in [0.1, 0.15) is 0 Å². The molecule has 1 aliphatic carbocycles. The van der Waals surface area contributed by atoms with Crippen LogP contribution in [-0.2, 0) is 5.41 Å². The van der Waals surface area contributed by atoms with E-state index in [1.165, 1.54) is 44.5 Å². The number of hydrogen-bond donors (Lipinski definition) is 0. The van der Waals surface area contributed by atoms with Crippen LogP contribution in [0, 0.1) is 13.8 Å². The van der Waals surface area contributed by atoms with Crippen molar-refractivity contribution in [2.24, 2.45) is 0 Å². The summed E-state index contributed by atoms with van der Waals surface area (Å²) in [7, 11) is 0. The monoisotopic (exact) mass is 372 g/mol. The lowest BCUT2D eigenvalue weighted by Crippen LogP contribution is -2.30. The van der Waals surface area contributed by atoms with Crippen molar-refractivity contribution in [3.8, 4) is 11.1 Å². The van der Waals surface area contributed by atoms with Gasteiger partial charge in [0.2, 0.25) is 0 Å². The van der Waals surface area contributed by atoms with Crippen molar-refractivity contribution in [2.45, 2.75) is 19.3 Å². The van der Waals surface area contributed by atoms with Crippen LogP contribution in [0.1, 0.15) is 38.9 Å². The second-order valence-corrected chi connectivity index (χ2v) is 7.93. The highest BCUT2D eigenvalue weighted by Gasteiger charge is 2.47. The van der Waals surface area contributed by atoms with E-state index in [2.05, 4.69) is 111 Å². The standard InChI is InChI=1S/C29H24/c1-4-22-17-18-24-23-13-7-10-16-27(23)29(28(24)19-22,25-14-8-5-11-20(25)2)26-15-9-6-12-21(26)3/h4-19H,1H2,2-3H3. The smallest absolute Gasteiger partial charge is 0.0718 e. The van der Waals surface area contributed by atoms with E-state index < -0.39 is 0 Å². The van der Waals surface area contributed by atoms with Crippen LogP contribution in [0.25, 0.3) is 17.2 Å². The van der Waals surface area contributed by atoms with Gasteiger partial charge in [0.25, 0.3) is 0 Å². The van der Waals surface area contributed by atoms with Gasteiger partial charge in [-0.1, -0.05) is 97.6 Å². The van der Waals surface area contributed by atoms with E-state index in [4.69, 9.17) is 0 Å².